The van der Waals surface area contributed by atoms with E-state index in [1.807, 2.05) is 0 Å². The lowest BCUT2D eigenvalue weighted by molar-refractivity contribution is -0.139. The van der Waals surface area contributed by atoms with Gasteiger partial charge >= 0.3 is 12.1 Å². The molecule has 0 unspecified atom stereocenters. The molecule has 0 saturated heterocycles. The summed E-state index contributed by atoms with van der Waals surface area (Å²) in [6.45, 7) is 4.74. The molecule has 0 aliphatic heterocycles. The summed E-state index contributed by atoms with van der Waals surface area (Å²) < 4.78 is 9.61. The molecule has 0 spiro atoms. The number of hydrogen-bond acceptors (Lipinski definition) is 4. The topological polar surface area (TPSA) is 52.6 Å². The maximum atomic E-state index is 11.6. The van der Waals surface area contributed by atoms with E-state index in [0.717, 1.165) is 44.9 Å². The van der Waals surface area contributed by atoms with E-state index in [1.54, 1.807) is 0 Å². The zero-order valence-corrected chi connectivity index (χ0v) is 22.1. The first-order valence-corrected chi connectivity index (χ1v) is 14.2. The Bertz CT molecular complexity index is 459. The van der Waals surface area contributed by atoms with Crippen molar-refractivity contribution in [2.24, 2.45) is 0 Å². The van der Waals surface area contributed by atoms with Crippen LogP contribution in [0.3, 0.4) is 0 Å². The predicted octanol–water partition coefficient (Wildman–Crippen LogP) is 9.84. The smallest absolute Gasteiger partial charge is 0.434 e. The van der Waals surface area contributed by atoms with Gasteiger partial charge in [0.25, 0.3) is 0 Å². The van der Waals surface area contributed by atoms with Gasteiger partial charge in [0.15, 0.2) is 0 Å². The number of esters is 1. The molecule has 0 heterocycles. The molecule has 0 radical (unpaired) electrons. The average Bonchev–Trinajstić information content (AvgIpc) is 2.80. The van der Waals surface area contributed by atoms with Crippen molar-refractivity contribution in [1.82, 2.24) is 0 Å². The highest BCUT2D eigenvalue weighted by molar-refractivity contribution is 5.81. The molecule has 0 saturated carbocycles. The van der Waals surface area contributed by atoms with E-state index in [2.05, 4.69) is 30.7 Å². The van der Waals surface area contributed by atoms with Crippen molar-refractivity contribution in [2.45, 2.75) is 155 Å². The SMILES string of the molecule is CCCCCCCCC=CCCCCCCCCCCCC(=O)OC(=O)OCCCCCC. The summed E-state index contributed by atoms with van der Waals surface area (Å²) in [7, 11) is 0. The summed E-state index contributed by atoms with van der Waals surface area (Å²) in [5.74, 6) is -0.463. The van der Waals surface area contributed by atoms with Crippen LogP contribution in [-0.2, 0) is 14.3 Å². The summed E-state index contributed by atoms with van der Waals surface area (Å²) >= 11 is 0. The van der Waals surface area contributed by atoms with Gasteiger partial charge in [0.1, 0.15) is 0 Å². The minimum absolute atomic E-state index is 0.303. The minimum Gasteiger partial charge on any atom is -0.434 e. The number of carbonyl (C=O) groups excluding carboxylic acids is 2. The van der Waals surface area contributed by atoms with Gasteiger partial charge < -0.3 is 9.47 Å². The first-order chi connectivity index (χ1) is 16.2. The lowest BCUT2D eigenvalue weighted by Crippen LogP contribution is -2.14. The lowest BCUT2D eigenvalue weighted by atomic mass is 10.1. The van der Waals surface area contributed by atoms with Crippen molar-refractivity contribution < 1.29 is 19.1 Å². The molecule has 0 aromatic carbocycles. The maximum absolute atomic E-state index is 11.6. The quantitative estimate of drug-likeness (QED) is 0.0614. The highest BCUT2D eigenvalue weighted by Gasteiger charge is 2.11. The first kappa shape index (κ1) is 31.7. The summed E-state index contributed by atoms with van der Waals surface area (Å²) in [6.07, 6.45) is 29.9. The Labute approximate surface area is 205 Å². The molecule has 0 aromatic heterocycles. The average molecular weight is 467 g/mol. The highest BCUT2D eigenvalue weighted by Crippen LogP contribution is 2.12. The normalized spacial score (nSPS) is 11.2. The molecule has 0 amide bonds. The molecule has 0 aromatic rings. The largest absolute Gasteiger partial charge is 0.516 e. The van der Waals surface area contributed by atoms with Gasteiger partial charge in [-0.2, -0.15) is 0 Å². The molecule has 33 heavy (non-hydrogen) atoms. The number of rotatable bonds is 24. The molecular formula is C29H54O4. The molecule has 0 bridgehead atoms. The standard InChI is InChI=1S/C29H54O4/c1-3-5-7-9-10-11-12-13-14-15-16-17-18-19-20-21-22-23-24-26-28(30)33-29(31)32-27-25-8-6-4-2/h13-14H,3-12,15-27H2,1-2H3. The van der Waals surface area contributed by atoms with E-state index in [9.17, 15) is 9.59 Å². The van der Waals surface area contributed by atoms with Crippen LogP contribution in [0.1, 0.15) is 155 Å². The lowest BCUT2D eigenvalue weighted by Gasteiger charge is -2.05. The monoisotopic (exact) mass is 466 g/mol. The molecule has 194 valence electrons. The zero-order valence-electron chi connectivity index (χ0n) is 22.1. The van der Waals surface area contributed by atoms with Crippen LogP contribution in [0.5, 0.6) is 0 Å². The third kappa shape index (κ3) is 26.8. The number of carbonyl (C=O) groups is 2. The van der Waals surface area contributed by atoms with E-state index in [0.29, 0.717) is 13.0 Å². The van der Waals surface area contributed by atoms with Crippen molar-refractivity contribution in [2.75, 3.05) is 6.61 Å². The molecular weight excluding hydrogens is 412 g/mol. The Morgan fingerprint density at radius 2 is 0.970 bits per heavy atom. The zero-order chi connectivity index (χ0) is 24.2. The Morgan fingerprint density at radius 3 is 1.48 bits per heavy atom. The number of ether oxygens (including phenoxy) is 2. The fourth-order valence-electron chi connectivity index (χ4n) is 3.90. The third-order valence-corrected chi connectivity index (χ3v) is 6.06. The molecule has 0 aliphatic rings. The van der Waals surface area contributed by atoms with Gasteiger partial charge in [-0.05, 0) is 38.5 Å². The summed E-state index contributed by atoms with van der Waals surface area (Å²) in [5, 5.41) is 0. The second kappa shape index (κ2) is 26.9. The molecule has 0 aliphatic carbocycles. The van der Waals surface area contributed by atoms with E-state index >= 15 is 0 Å². The molecule has 4 heteroatoms. The minimum atomic E-state index is -0.843. The first-order valence-electron chi connectivity index (χ1n) is 14.2. The fraction of sp³-hybridized carbons (Fsp3) is 0.862. The second-order valence-electron chi connectivity index (χ2n) is 9.38. The van der Waals surface area contributed by atoms with Gasteiger partial charge in [0, 0.05) is 6.42 Å². The Hall–Kier alpha value is -1.32. The van der Waals surface area contributed by atoms with Crippen LogP contribution in [0.15, 0.2) is 12.2 Å². The molecule has 0 N–H and O–H groups in total. The van der Waals surface area contributed by atoms with Crippen LogP contribution in [0.2, 0.25) is 0 Å². The van der Waals surface area contributed by atoms with Crippen molar-refractivity contribution in [3.05, 3.63) is 12.2 Å². The van der Waals surface area contributed by atoms with Gasteiger partial charge in [0.05, 0.1) is 6.61 Å². The Kier molecular flexibility index (Phi) is 25.9. The summed E-state index contributed by atoms with van der Waals surface area (Å²) in [6, 6.07) is 0. The summed E-state index contributed by atoms with van der Waals surface area (Å²) in [4.78, 5) is 23.1. The van der Waals surface area contributed by atoms with Crippen LogP contribution in [0.25, 0.3) is 0 Å². The molecule has 0 rings (SSSR count). The number of hydrogen-bond donors (Lipinski definition) is 0. The summed E-state index contributed by atoms with van der Waals surface area (Å²) in [5.41, 5.74) is 0. The Balaban J connectivity index is 3.27. The van der Waals surface area contributed by atoms with Crippen LogP contribution in [0, 0.1) is 0 Å². The van der Waals surface area contributed by atoms with Crippen LogP contribution >= 0.6 is 0 Å². The van der Waals surface area contributed by atoms with Crippen LogP contribution < -0.4 is 0 Å². The van der Waals surface area contributed by atoms with Gasteiger partial charge in [-0.3, -0.25) is 4.79 Å². The molecule has 0 atom stereocenters. The van der Waals surface area contributed by atoms with Crippen molar-refractivity contribution >= 4 is 12.1 Å². The van der Waals surface area contributed by atoms with Gasteiger partial charge in [-0.1, -0.05) is 122 Å². The van der Waals surface area contributed by atoms with Gasteiger partial charge in [0.2, 0.25) is 0 Å². The van der Waals surface area contributed by atoms with Crippen molar-refractivity contribution in [3.8, 4) is 0 Å². The van der Waals surface area contributed by atoms with E-state index < -0.39 is 12.1 Å². The molecule has 4 nitrogen and oxygen atoms in total. The van der Waals surface area contributed by atoms with E-state index in [-0.39, 0.29) is 0 Å². The third-order valence-electron chi connectivity index (χ3n) is 6.06. The van der Waals surface area contributed by atoms with E-state index in [1.165, 1.54) is 89.9 Å². The molecule has 0 fully saturated rings. The van der Waals surface area contributed by atoms with E-state index in [4.69, 9.17) is 4.74 Å². The maximum Gasteiger partial charge on any atom is 0.516 e. The van der Waals surface area contributed by atoms with Crippen LogP contribution in [0.4, 0.5) is 4.79 Å². The van der Waals surface area contributed by atoms with Gasteiger partial charge in [-0.25, -0.2) is 4.79 Å². The Morgan fingerprint density at radius 1 is 0.545 bits per heavy atom. The number of allylic oxidation sites excluding steroid dienone is 2. The fourth-order valence-corrected chi connectivity index (χ4v) is 3.90. The van der Waals surface area contributed by atoms with Crippen LogP contribution in [-0.4, -0.2) is 18.7 Å². The van der Waals surface area contributed by atoms with Crippen molar-refractivity contribution in [1.29, 1.82) is 0 Å². The highest BCUT2D eigenvalue weighted by atomic mass is 16.7. The predicted molar refractivity (Wildman–Crippen MR) is 140 cm³/mol. The van der Waals surface area contributed by atoms with Gasteiger partial charge in [-0.15, -0.1) is 0 Å². The number of unbranched alkanes of at least 4 members (excludes halogenated alkanes) is 18. The van der Waals surface area contributed by atoms with Crippen molar-refractivity contribution in [3.63, 3.8) is 0 Å². The second-order valence-corrected chi connectivity index (χ2v) is 9.38.